The van der Waals surface area contributed by atoms with Crippen molar-refractivity contribution in [3.8, 4) is 0 Å². The number of aromatic nitrogens is 1. The van der Waals surface area contributed by atoms with Crippen LogP contribution >= 0.6 is 0 Å². The molecule has 1 aromatic heterocycles. The van der Waals surface area contributed by atoms with Gasteiger partial charge in [0.05, 0.1) is 0 Å². The maximum absolute atomic E-state index is 13.2. The molecular formula is C14H12FNO. The Morgan fingerprint density at radius 2 is 2.18 bits per heavy atom. The van der Waals surface area contributed by atoms with E-state index in [4.69, 9.17) is 0 Å². The van der Waals surface area contributed by atoms with Crippen molar-refractivity contribution >= 4 is 5.78 Å². The predicted molar refractivity (Wildman–Crippen MR) is 63.4 cm³/mol. The van der Waals surface area contributed by atoms with Gasteiger partial charge in [-0.15, -0.1) is 0 Å². The van der Waals surface area contributed by atoms with E-state index in [1.165, 1.54) is 25.1 Å². The van der Waals surface area contributed by atoms with Crippen LogP contribution in [-0.2, 0) is 6.42 Å². The molecule has 0 saturated carbocycles. The van der Waals surface area contributed by atoms with Crippen LogP contribution in [0.25, 0.3) is 0 Å². The molecule has 86 valence electrons. The Bertz CT molecular complexity index is 537. The Hall–Kier alpha value is -2.03. The van der Waals surface area contributed by atoms with Crippen LogP contribution < -0.4 is 0 Å². The van der Waals surface area contributed by atoms with Gasteiger partial charge < -0.3 is 0 Å². The Balaban J connectivity index is 2.37. The summed E-state index contributed by atoms with van der Waals surface area (Å²) in [6.45, 7) is 1.49. The van der Waals surface area contributed by atoms with Crippen LogP contribution in [0.2, 0.25) is 0 Å². The van der Waals surface area contributed by atoms with Gasteiger partial charge in [0.2, 0.25) is 0 Å². The summed E-state index contributed by atoms with van der Waals surface area (Å²) in [5, 5.41) is 0. The highest BCUT2D eigenvalue weighted by Crippen LogP contribution is 2.16. The number of hydrogen-bond donors (Lipinski definition) is 0. The van der Waals surface area contributed by atoms with E-state index in [1.807, 2.05) is 12.1 Å². The highest BCUT2D eigenvalue weighted by molar-refractivity contribution is 5.95. The minimum atomic E-state index is -0.325. The van der Waals surface area contributed by atoms with Gasteiger partial charge in [-0.05, 0) is 48.7 Å². The molecule has 17 heavy (non-hydrogen) atoms. The molecule has 3 heteroatoms. The largest absolute Gasteiger partial charge is 0.295 e. The molecule has 2 nitrogen and oxygen atoms in total. The Morgan fingerprint density at radius 1 is 1.35 bits per heavy atom. The zero-order chi connectivity index (χ0) is 12.3. The van der Waals surface area contributed by atoms with Gasteiger partial charge in [0.1, 0.15) is 5.82 Å². The van der Waals surface area contributed by atoms with Gasteiger partial charge in [-0.2, -0.15) is 0 Å². The van der Waals surface area contributed by atoms with E-state index < -0.39 is 0 Å². The molecule has 2 aromatic rings. The molecule has 0 spiro atoms. The van der Waals surface area contributed by atoms with Gasteiger partial charge >= 0.3 is 0 Å². The van der Waals surface area contributed by atoms with Crippen LogP contribution in [0.5, 0.6) is 0 Å². The van der Waals surface area contributed by atoms with E-state index >= 15 is 0 Å². The molecule has 0 atom stereocenters. The van der Waals surface area contributed by atoms with E-state index in [0.717, 1.165) is 5.56 Å². The predicted octanol–water partition coefficient (Wildman–Crippen LogP) is 3.01. The Kier molecular flexibility index (Phi) is 3.28. The third kappa shape index (κ3) is 2.75. The molecule has 0 radical (unpaired) electrons. The molecule has 0 saturated heterocycles. The number of nitrogens with zero attached hydrogens (tertiary/aromatic N) is 1. The summed E-state index contributed by atoms with van der Waals surface area (Å²) in [5.41, 5.74) is 2.22. The molecule has 0 aliphatic heterocycles. The highest BCUT2D eigenvalue weighted by atomic mass is 19.1. The first-order chi connectivity index (χ1) is 8.16. The molecule has 0 unspecified atom stereocenters. The van der Waals surface area contributed by atoms with Crippen LogP contribution in [0.4, 0.5) is 4.39 Å². The fourth-order valence-electron chi connectivity index (χ4n) is 1.77. The number of ketones is 1. The summed E-state index contributed by atoms with van der Waals surface area (Å²) in [6.07, 6.45) is 3.91. The van der Waals surface area contributed by atoms with E-state index in [9.17, 15) is 9.18 Å². The second kappa shape index (κ2) is 4.87. The van der Waals surface area contributed by atoms with Crippen LogP contribution in [0.3, 0.4) is 0 Å². The summed E-state index contributed by atoms with van der Waals surface area (Å²) in [5.74, 6) is -0.377. The second-order valence-electron chi connectivity index (χ2n) is 3.90. The van der Waals surface area contributed by atoms with Gasteiger partial charge in [-0.25, -0.2) is 4.39 Å². The van der Waals surface area contributed by atoms with Gasteiger partial charge in [0.25, 0.3) is 0 Å². The Labute approximate surface area is 99.1 Å². The first-order valence-electron chi connectivity index (χ1n) is 5.35. The van der Waals surface area contributed by atoms with E-state index in [-0.39, 0.29) is 11.6 Å². The zero-order valence-electron chi connectivity index (χ0n) is 9.48. The summed E-state index contributed by atoms with van der Waals surface area (Å²) in [4.78, 5) is 15.4. The number of hydrogen-bond acceptors (Lipinski definition) is 2. The molecule has 0 fully saturated rings. The van der Waals surface area contributed by atoms with Gasteiger partial charge in [0.15, 0.2) is 5.78 Å². The molecule has 2 rings (SSSR count). The molecule has 0 aliphatic carbocycles. The van der Waals surface area contributed by atoms with Crippen LogP contribution in [0.15, 0.2) is 42.7 Å². The number of carbonyl (C=O) groups is 1. The van der Waals surface area contributed by atoms with Crippen molar-refractivity contribution in [1.29, 1.82) is 0 Å². The lowest BCUT2D eigenvalue weighted by atomic mass is 9.98. The van der Waals surface area contributed by atoms with Gasteiger partial charge in [0, 0.05) is 18.0 Å². The molecular weight excluding hydrogens is 217 g/mol. The molecule has 0 bridgehead atoms. The van der Waals surface area contributed by atoms with E-state index in [0.29, 0.717) is 17.5 Å². The first kappa shape index (κ1) is 11.5. The lowest BCUT2D eigenvalue weighted by Crippen LogP contribution is -2.01. The number of halogens is 1. The summed E-state index contributed by atoms with van der Waals surface area (Å²) in [6, 6.07) is 7.97. The van der Waals surface area contributed by atoms with Crippen molar-refractivity contribution in [1.82, 2.24) is 4.98 Å². The topological polar surface area (TPSA) is 30.0 Å². The molecule has 0 N–H and O–H groups in total. The van der Waals surface area contributed by atoms with Crippen molar-refractivity contribution < 1.29 is 9.18 Å². The minimum Gasteiger partial charge on any atom is -0.295 e. The van der Waals surface area contributed by atoms with Crippen molar-refractivity contribution in [2.24, 2.45) is 0 Å². The maximum Gasteiger partial charge on any atom is 0.160 e. The normalized spacial score (nSPS) is 10.2. The lowest BCUT2D eigenvalue weighted by molar-refractivity contribution is 0.101. The fraction of sp³-hybridized carbons (Fsp3) is 0.143. The summed E-state index contributed by atoms with van der Waals surface area (Å²) >= 11 is 0. The quantitative estimate of drug-likeness (QED) is 0.757. The molecule has 1 heterocycles. The van der Waals surface area contributed by atoms with Crippen molar-refractivity contribution in [2.75, 3.05) is 0 Å². The first-order valence-corrected chi connectivity index (χ1v) is 5.35. The number of pyridine rings is 1. The van der Waals surface area contributed by atoms with Crippen molar-refractivity contribution in [3.05, 3.63) is 65.2 Å². The smallest absolute Gasteiger partial charge is 0.160 e. The molecule has 0 aliphatic rings. The summed E-state index contributed by atoms with van der Waals surface area (Å²) < 4.78 is 13.2. The molecule has 0 amide bonds. The van der Waals surface area contributed by atoms with E-state index in [2.05, 4.69) is 4.98 Å². The number of rotatable bonds is 3. The number of benzene rings is 1. The zero-order valence-corrected chi connectivity index (χ0v) is 9.48. The number of carbonyl (C=O) groups excluding carboxylic acids is 1. The maximum atomic E-state index is 13.2. The van der Waals surface area contributed by atoms with Crippen molar-refractivity contribution in [3.63, 3.8) is 0 Å². The minimum absolute atomic E-state index is 0.0520. The SMILES string of the molecule is CC(=O)c1ccc(F)cc1Cc1cccnc1. The van der Waals surface area contributed by atoms with Crippen molar-refractivity contribution in [2.45, 2.75) is 13.3 Å². The fourth-order valence-corrected chi connectivity index (χ4v) is 1.77. The third-order valence-electron chi connectivity index (χ3n) is 2.56. The second-order valence-corrected chi connectivity index (χ2v) is 3.90. The standard InChI is InChI=1S/C14H12FNO/c1-10(17)14-5-4-13(15)8-12(14)7-11-3-2-6-16-9-11/h2-6,8-9H,7H2,1H3. The van der Waals surface area contributed by atoms with E-state index in [1.54, 1.807) is 12.4 Å². The van der Waals surface area contributed by atoms with Crippen LogP contribution in [-0.4, -0.2) is 10.8 Å². The summed E-state index contributed by atoms with van der Waals surface area (Å²) in [7, 11) is 0. The lowest BCUT2D eigenvalue weighted by Gasteiger charge is -2.07. The Morgan fingerprint density at radius 3 is 2.82 bits per heavy atom. The monoisotopic (exact) mass is 229 g/mol. The highest BCUT2D eigenvalue weighted by Gasteiger charge is 2.09. The average molecular weight is 229 g/mol. The van der Waals surface area contributed by atoms with Gasteiger partial charge in [-0.3, -0.25) is 9.78 Å². The van der Waals surface area contributed by atoms with Gasteiger partial charge in [-0.1, -0.05) is 6.07 Å². The molecule has 1 aromatic carbocycles. The van der Waals surface area contributed by atoms with Crippen LogP contribution in [0.1, 0.15) is 28.4 Å². The third-order valence-corrected chi connectivity index (χ3v) is 2.56. The average Bonchev–Trinajstić information content (AvgIpc) is 2.30. The number of Topliss-reactive ketones (excluding diaryl/α,β-unsaturated/α-hetero) is 1. The van der Waals surface area contributed by atoms with Crippen LogP contribution in [0, 0.1) is 5.82 Å².